The Labute approximate surface area is 195 Å². The van der Waals surface area contributed by atoms with Crippen LogP contribution in [0.4, 0.5) is 5.69 Å². The van der Waals surface area contributed by atoms with Gasteiger partial charge >= 0.3 is 0 Å². The lowest BCUT2D eigenvalue weighted by Crippen LogP contribution is -2.49. The van der Waals surface area contributed by atoms with Gasteiger partial charge in [-0.1, -0.05) is 24.3 Å². The Morgan fingerprint density at radius 3 is 2.30 bits per heavy atom. The number of para-hydroxylation sites is 2. The third-order valence-corrected chi connectivity index (χ3v) is 6.59. The number of fused-ring (bicyclic) bond motifs is 1. The van der Waals surface area contributed by atoms with Crippen LogP contribution in [0.15, 0.2) is 36.4 Å². The predicted molar refractivity (Wildman–Crippen MR) is 126 cm³/mol. The molecule has 2 saturated heterocycles. The maximum Gasteiger partial charge on any atom is 0.240 e. The van der Waals surface area contributed by atoms with Crippen molar-refractivity contribution in [3.8, 4) is 5.75 Å². The van der Waals surface area contributed by atoms with Crippen LogP contribution in [0.25, 0.3) is 0 Å². The molecule has 3 aliphatic rings. The van der Waals surface area contributed by atoms with E-state index in [1.165, 1.54) is 0 Å². The lowest BCUT2D eigenvalue weighted by Gasteiger charge is -2.36. The van der Waals surface area contributed by atoms with Crippen LogP contribution in [0, 0.1) is 11.8 Å². The molecular weight excluding hydrogens is 420 g/mol. The largest absolute Gasteiger partial charge is 0.489 e. The van der Waals surface area contributed by atoms with Crippen LogP contribution in [0.1, 0.15) is 26.7 Å². The lowest BCUT2D eigenvalue weighted by atomic mass is 9.85. The van der Waals surface area contributed by atoms with Gasteiger partial charge in [-0.3, -0.25) is 24.2 Å². The second kappa shape index (κ2) is 10.4. The molecule has 4 rings (SSSR count). The molecule has 2 aliphatic heterocycles. The fourth-order valence-electron chi connectivity index (χ4n) is 4.86. The molecule has 1 aliphatic carbocycles. The van der Waals surface area contributed by atoms with Gasteiger partial charge in [0.25, 0.3) is 0 Å². The molecule has 0 aromatic heterocycles. The number of allylic oxidation sites excluding steroid dienone is 2. The van der Waals surface area contributed by atoms with E-state index >= 15 is 0 Å². The van der Waals surface area contributed by atoms with E-state index in [1.807, 2.05) is 44.2 Å². The van der Waals surface area contributed by atoms with Crippen molar-refractivity contribution in [2.75, 3.05) is 50.7 Å². The summed E-state index contributed by atoms with van der Waals surface area (Å²) in [6.45, 7) is 8.69. The Kier molecular flexibility index (Phi) is 7.33. The first-order valence-corrected chi connectivity index (χ1v) is 11.9. The van der Waals surface area contributed by atoms with E-state index in [0.29, 0.717) is 19.4 Å². The molecule has 8 nitrogen and oxygen atoms in total. The maximum atomic E-state index is 12.5. The summed E-state index contributed by atoms with van der Waals surface area (Å²) >= 11 is 0. The summed E-state index contributed by atoms with van der Waals surface area (Å²) in [7, 11) is 0. The van der Waals surface area contributed by atoms with Crippen LogP contribution in [-0.4, -0.2) is 79.4 Å². The molecule has 1 N–H and O–H groups in total. The summed E-state index contributed by atoms with van der Waals surface area (Å²) in [5.41, 5.74) is 1.12. The molecule has 0 spiro atoms. The molecule has 0 radical (unpaired) electrons. The molecular formula is C25H34N4O4. The van der Waals surface area contributed by atoms with Crippen molar-refractivity contribution in [2.45, 2.75) is 32.8 Å². The summed E-state index contributed by atoms with van der Waals surface area (Å²) in [5, 5.41) is 2.88. The van der Waals surface area contributed by atoms with E-state index in [4.69, 9.17) is 4.74 Å². The van der Waals surface area contributed by atoms with E-state index in [1.54, 1.807) is 0 Å². The van der Waals surface area contributed by atoms with Crippen molar-refractivity contribution in [1.29, 1.82) is 0 Å². The Morgan fingerprint density at radius 1 is 1.03 bits per heavy atom. The number of nitrogens with one attached hydrogen (secondary N) is 1. The number of amides is 3. The van der Waals surface area contributed by atoms with Crippen molar-refractivity contribution >= 4 is 23.4 Å². The third-order valence-electron chi connectivity index (χ3n) is 6.59. The fourth-order valence-corrected chi connectivity index (χ4v) is 4.86. The van der Waals surface area contributed by atoms with Gasteiger partial charge in [0.05, 0.1) is 23.6 Å². The van der Waals surface area contributed by atoms with E-state index in [-0.39, 0.29) is 42.2 Å². The smallest absolute Gasteiger partial charge is 0.240 e. The highest BCUT2D eigenvalue weighted by atomic mass is 16.5. The Hall–Kier alpha value is -2.87. The summed E-state index contributed by atoms with van der Waals surface area (Å²) in [5.74, 6) is -0.355. The van der Waals surface area contributed by atoms with E-state index < -0.39 is 0 Å². The SMILES string of the molecule is CC(C)Oc1ccccc1N1CCN(CCNC(=O)CN2C(=O)C3CC=CCC3C2=O)CC1. The lowest BCUT2D eigenvalue weighted by molar-refractivity contribution is -0.143. The average molecular weight is 455 g/mol. The second-order valence-corrected chi connectivity index (χ2v) is 9.23. The number of piperazine rings is 1. The van der Waals surface area contributed by atoms with Crippen molar-refractivity contribution in [2.24, 2.45) is 11.8 Å². The van der Waals surface area contributed by atoms with Crippen LogP contribution >= 0.6 is 0 Å². The van der Waals surface area contributed by atoms with E-state index in [2.05, 4.69) is 21.2 Å². The molecule has 0 bridgehead atoms. The zero-order valence-electron chi connectivity index (χ0n) is 19.5. The minimum Gasteiger partial charge on any atom is -0.489 e. The monoisotopic (exact) mass is 454 g/mol. The second-order valence-electron chi connectivity index (χ2n) is 9.23. The number of benzene rings is 1. The predicted octanol–water partition coefficient (Wildman–Crippen LogP) is 1.66. The molecule has 3 amide bonds. The number of carbonyl (C=O) groups excluding carboxylic acids is 3. The van der Waals surface area contributed by atoms with E-state index in [0.717, 1.165) is 49.1 Å². The van der Waals surface area contributed by atoms with Crippen LogP contribution in [0.3, 0.4) is 0 Å². The first-order chi connectivity index (χ1) is 15.9. The number of hydrogen-bond acceptors (Lipinski definition) is 6. The highest BCUT2D eigenvalue weighted by molar-refractivity contribution is 6.07. The highest BCUT2D eigenvalue weighted by Gasteiger charge is 2.47. The van der Waals surface area contributed by atoms with Crippen LogP contribution < -0.4 is 15.0 Å². The zero-order chi connectivity index (χ0) is 23.4. The molecule has 2 heterocycles. The van der Waals surface area contributed by atoms with Crippen LogP contribution in [0.5, 0.6) is 5.75 Å². The standard InChI is InChI=1S/C25H34N4O4/c1-18(2)33-22-10-6-5-9-21(22)28-15-13-27(14-16-28)12-11-26-23(30)17-29-24(31)19-7-3-4-8-20(19)25(29)32/h3-6,9-10,18-20H,7-8,11-17H2,1-2H3,(H,26,30). The number of imide groups is 1. The first kappa shape index (κ1) is 23.3. The highest BCUT2D eigenvalue weighted by Crippen LogP contribution is 2.34. The number of hydrogen-bond donors (Lipinski definition) is 1. The van der Waals surface area contributed by atoms with Gasteiger partial charge in [0.1, 0.15) is 12.3 Å². The summed E-state index contributed by atoms with van der Waals surface area (Å²) in [4.78, 5) is 43.2. The molecule has 0 saturated carbocycles. The normalized spacial score (nSPS) is 23.2. The molecule has 178 valence electrons. The fraction of sp³-hybridized carbons (Fsp3) is 0.560. The molecule has 1 aromatic rings. The average Bonchev–Trinajstić information content (AvgIpc) is 3.05. The van der Waals surface area contributed by atoms with Gasteiger partial charge < -0.3 is 15.0 Å². The molecule has 2 fully saturated rings. The van der Waals surface area contributed by atoms with Crippen molar-refractivity contribution < 1.29 is 19.1 Å². The van der Waals surface area contributed by atoms with Crippen molar-refractivity contribution in [3.63, 3.8) is 0 Å². The Bertz CT molecular complexity index is 881. The van der Waals surface area contributed by atoms with Crippen LogP contribution in [-0.2, 0) is 14.4 Å². The Morgan fingerprint density at radius 2 is 1.67 bits per heavy atom. The quantitative estimate of drug-likeness (QED) is 0.475. The van der Waals surface area contributed by atoms with E-state index in [9.17, 15) is 14.4 Å². The van der Waals surface area contributed by atoms with Gasteiger partial charge in [-0.05, 0) is 38.8 Å². The minimum atomic E-state index is -0.289. The van der Waals surface area contributed by atoms with Gasteiger partial charge in [-0.15, -0.1) is 0 Å². The number of carbonyl (C=O) groups is 3. The van der Waals surface area contributed by atoms with Gasteiger partial charge in [0.15, 0.2) is 0 Å². The third kappa shape index (κ3) is 5.38. The minimum absolute atomic E-state index is 0.128. The van der Waals surface area contributed by atoms with Crippen molar-refractivity contribution in [1.82, 2.24) is 15.1 Å². The molecule has 33 heavy (non-hydrogen) atoms. The zero-order valence-corrected chi connectivity index (χ0v) is 19.5. The summed E-state index contributed by atoms with van der Waals surface area (Å²) in [6, 6.07) is 8.14. The molecule has 8 heteroatoms. The number of anilines is 1. The molecule has 2 unspecified atom stereocenters. The number of nitrogens with zero attached hydrogens (tertiary/aromatic N) is 3. The van der Waals surface area contributed by atoms with Gasteiger partial charge in [0.2, 0.25) is 17.7 Å². The summed E-state index contributed by atoms with van der Waals surface area (Å²) in [6.07, 6.45) is 5.21. The number of likely N-dealkylation sites (tertiary alicyclic amines) is 1. The van der Waals surface area contributed by atoms with Crippen LogP contribution in [0.2, 0.25) is 0 Å². The first-order valence-electron chi connectivity index (χ1n) is 11.9. The van der Waals surface area contributed by atoms with Gasteiger partial charge in [-0.2, -0.15) is 0 Å². The van der Waals surface area contributed by atoms with Crippen molar-refractivity contribution in [3.05, 3.63) is 36.4 Å². The Balaban J connectivity index is 1.19. The summed E-state index contributed by atoms with van der Waals surface area (Å²) < 4.78 is 5.96. The topological polar surface area (TPSA) is 82.2 Å². The maximum absolute atomic E-state index is 12.5. The van der Waals surface area contributed by atoms with Gasteiger partial charge in [-0.25, -0.2) is 0 Å². The number of ether oxygens (including phenoxy) is 1. The van der Waals surface area contributed by atoms with Gasteiger partial charge in [0, 0.05) is 39.3 Å². The number of rotatable bonds is 8. The molecule has 1 aromatic carbocycles. The molecule has 2 atom stereocenters.